The molecule has 0 N–H and O–H groups in total. The standard InChI is InChI=1S/C14H19ClN2O/c1-12-2-4-13(5-3-12)14(18)17-10-8-16(7-6-15)9-11-17/h2-5H,6-11H2,1H3. The number of hydrogen-bond donors (Lipinski definition) is 0. The fourth-order valence-corrected chi connectivity index (χ4v) is 2.41. The summed E-state index contributed by atoms with van der Waals surface area (Å²) in [6.45, 7) is 6.37. The normalized spacial score (nSPS) is 16.9. The molecule has 0 spiro atoms. The average Bonchev–Trinajstić information content (AvgIpc) is 2.40. The Balaban J connectivity index is 1.93. The van der Waals surface area contributed by atoms with Gasteiger partial charge in [-0.2, -0.15) is 0 Å². The Morgan fingerprint density at radius 1 is 1.17 bits per heavy atom. The number of carbonyl (C=O) groups is 1. The van der Waals surface area contributed by atoms with Gasteiger partial charge in [0.05, 0.1) is 0 Å². The van der Waals surface area contributed by atoms with Gasteiger partial charge in [0.2, 0.25) is 0 Å². The molecule has 1 aromatic rings. The molecule has 1 heterocycles. The number of hydrogen-bond acceptors (Lipinski definition) is 2. The Bertz CT molecular complexity index is 397. The number of nitrogens with zero attached hydrogens (tertiary/aromatic N) is 2. The van der Waals surface area contributed by atoms with Crippen molar-refractivity contribution in [2.45, 2.75) is 6.92 Å². The van der Waals surface area contributed by atoms with Crippen LogP contribution >= 0.6 is 11.6 Å². The molecule has 3 nitrogen and oxygen atoms in total. The van der Waals surface area contributed by atoms with Crippen LogP contribution in [0.4, 0.5) is 0 Å². The number of carbonyl (C=O) groups excluding carboxylic acids is 1. The molecule has 2 rings (SSSR count). The second-order valence-corrected chi connectivity index (χ2v) is 5.07. The van der Waals surface area contributed by atoms with Crippen molar-refractivity contribution >= 4 is 17.5 Å². The van der Waals surface area contributed by atoms with Gasteiger partial charge in [0.15, 0.2) is 0 Å². The van der Waals surface area contributed by atoms with Crippen LogP contribution in [0.15, 0.2) is 24.3 Å². The van der Waals surface area contributed by atoms with Gasteiger partial charge in [0, 0.05) is 44.2 Å². The van der Waals surface area contributed by atoms with E-state index in [-0.39, 0.29) is 5.91 Å². The highest BCUT2D eigenvalue weighted by atomic mass is 35.5. The van der Waals surface area contributed by atoms with E-state index in [0.29, 0.717) is 5.88 Å². The first-order chi connectivity index (χ1) is 8.70. The molecule has 1 fully saturated rings. The molecule has 1 saturated heterocycles. The van der Waals surface area contributed by atoms with Crippen molar-refractivity contribution < 1.29 is 4.79 Å². The van der Waals surface area contributed by atoms with Crippen molar-refractivity contribution in [1.29, 1.82) is 0 Å². The third kappa shape index (κ3) is 3.24. The molecule has 98 valence electrons. The van der Waals surface area contributed by atoms with Gasteiger partial charge < -0.3 is 4.90 Å². The molecule has 1 aromatic carbocycles. The van der Waals surface area contributed by atoms with Crippen molar-refractivity contribution in [2.24, 2.45) is 0 Å². The smallest absolute Gasteiger partial charge is 0.253 e. The average molecular weight is 267 g/mol. The zero-order chi connectivity index (χ0) is 13.0. The summed E-state index contributed by atoms with van der Waals surface area (Å²) in [5, 5.41) is 0. The van der Waals surface area contributed by atoms with Crippen LogP contribution in [-0.2, 0) is 0 Å². The molecule has 4 heteroatoms. The molecule has 0 saturated carbocycles. The molecule has 0 radical (unpaired) electrons. The van der Waals surface area contributed by atoms with E-state index in [9.17, 15) is 4.79 Å². The van der Waals surface area contributed by atoms with Gasteiger partial charge in [0.1, 0.15) is 0 Å². The second-order valence-electron chi connectivity index (χ2n) is 4.69. The molecule has 1 aliphatic heterocycles. The van der Waals surface area contributed by atoms with Gasteiger partial charge in [-0.25, -0.2) is 0 Å². The summed E-state index contributed by atoms with van der Waals surface area (Å²) >= 11 is 5.72. The molecule has 1 aliphatic rings. The summed E-state index contributed by atoms with van der Waals surface area (Å²) in [7, 11) is 0. The van der Waals surface area contributed by atoms with Gasteiger partial charge in [0.25, 0.3) is 5.91 Å². The van der Waals surface area contributed by atoms with Gasteiger partial charge in [-0.05, 0) is 19.1 Å². The summed E-state index contributed by atoms with van der Waals surface area (Å²) < 4.78 is 0. The second kappa shape index (κ2) is 6.21. The summed E-state index contributed by atoms with van der Waals surface area (Å²) in [5.41, 5.74) is 1.96. The monoisotopic (exact) mass is 266 g/mol. The highest BCUT2D eigenvalue weighted by Crippen LogP contribution is 2.10. The van der Waals surface area contributed by atoms with Crippen molar-refractivity contribution in [3.05, 3.63) is 35.4 Å². The molecule has 0 atom stereocenters. The van der Waals surface area contributed by atoms with E-state index in [0.717, 1.165) is 38.3 Å². The number of piperazine rings is 1. The molecule has 1 amide bonds. The van der Waals surface area contributed by atoms with Crippen LogP contribution in [0, 0.1) is 6.92 Å². The van der Waals surface area contributed by atoms with Crippen molar-refractivity contribution in [1.82, 2.24) is 9.80 Å². The van der Waals surface area contributed by atoms with Gasteiger partial charge in [-0.3, -0.25) is 9.69 Å². The Kier molecular flexibility index (Phi) is 4.61. The zero-order valence-corrected chi connectivity index (χ0v) is 11.5. The maximum atomic E-state index is 12.3. The first-order valence-electron chi connectivity index (χ1n) is 6.35. The van der Waals surface area contributed by atoms with Crippen LogP contribution in [0.3, 0.4) is 0 Å². The minimum atomic E-state index is 0.139. The number of benzene rings is 1. The Labute approximate surface area is 113 Å². The summed E-state index contributed by atoms with van der Waals surface area (Å²) in [5.74, 6) is 0.798. The fraction of sp³-hybridized carbons (Fsp3) is 0.500. The number of alkyl halides is 1. The number of amides is 1. The van der Waals surface area contributed by atoms with Gasteiger partial charge in [-0.15, -0.1) is 11.6 Å². The fourth-order valence-electron chi connectivity index (χ4n) is 2.17. The van der Waals surface area contributed by atoms with Crippen molar-refractivity contribution in [2.75, 3.05) is 38.6 Å². The number of halogens is 1. The van der Waals surface area contributed by atoms with E-state index in [1.54, 1.807) is 0 Å². The van der Waals surface area contributed by atoms with E-state index in [1.165, 1.54) is 5.56 Å². The summed E-state index contributed by atoms with van der Waals surface area (Å²) in [4.78, 5) is 16.5. The van der Waals surface area contributed by atoms with Crippen LogP contribution in [-0.4, -0.2) is 54.3 Å². The molecular formula is C14H19ClN2O. The Morgan fingerprint density at radius 2 is 1.78 bits per heavy atom. The molecule has 0 unspecified atom stereocenters. The lowest BCUT2D eigenvalue weighted by atomic mass is 10.1. The molecule has 0 aliphatic carbocycles. The predicted octanol–water partition coefficient (Wildman–Crippen LogP) is 1.99. The topological polar surface area (TPSA) is 23.6 Å². The number of rotatable bonds is 3. The van der Waals surface area contributed by atoms with Gasteiger partial charge in [-0.1, -0.05) is 17.7 Å². The lowest BCUT2D eigenvalue weighted by Gasteiger charge is -2.34. The predicted molar refractivity (Wildman–Crippen MR) is 74.2 cm³/mol. The molecule has 18 heavy (non-hydrogen) atoms. The first-order valence-corrected chi connectivity index (χ1v) is 6.88. The first kappa shape index (κ1) is 13.4. The van der Waals surface area contributed by atoms with E-state index >= 15 is 0 Å². The number of aryl methyl sites for hydroxylation is 1. The maximum Gasteiger partial charge on any atom is 0.253 e. The van der Waals surface area contributed by atoms with E-state index in [2.05, 4.69) is 4.90 Å². The van der Waals surface area contributed by atoms with Crippen LogP contribution in [0.25, 0.3) is 0 Å². The van der Waals surface area contributed by atoms with E-state index in [1.807, 2.05) is 36.1 Å². The van der Waals surface area contributed by atoms with Crippen LogP contribution < -0.4 is 0 Å². The third-order valence-corrected chi connectivity index (χ3v) is 3.53. The molecular weight excluding hydrogens is 248 g/mol. The highest BCUT2D eigenvalue weighted by Gasteiger charge is 2.21. The minimum Gasteiger partial charge on any atom is -0.336 e. The molecule has 0 aromatic heterocycles. The Morgan fingerprint density at radius 3 is 2.33 bits per heavy atom. The lowest BCUT2D eigenvalue weighted by Crippen LogP contribution is -2.49. The zero-order valence-electron chi connectivity index (χ0n) is 10.7. The summed E-state index contributed by atoms with van der Waals surface area (Å²) in [6, 6.07) is 7.78. The van der Waals surface area contributed by atoms with E-state index in [4.69, 9.17) is 11.6 Å². The lowest BCUT2D eigenvalue weighted by molar-refractivity contribution is 0.0644. The highest BCUT2D eigenvalue weighted by molar-refractivity contribution is 6.18. The van der Waals surface area contributed by atoms with E-state index < -0.39 is 0 Å². The van der Waals surface area contributed by atoms with Crippen LogP contribution in [0.1, 0.15) is 15.9 Å². The van der Waals surface area contributed by atoms with Crippen LogP contribution in [0.5, 0.6) is 0 Å². The van der Waals surface area contributed by atoms with Crippen molar-refractivity contribution in [3.63, 3.8) is 0 Å². The van der Waals surface area contributed by atoms with Gasteiger partial charge >= 0.3 is 0 Å². The molecule has 0 bridgehead atoms. The maximum absolute atomic E-state index is 12.3. The van der Waals surface area contributed by atoms with Crippen molar-refractivity contribution in [3.8, 4) is 0 Å². The SMILES string of the molecule is Cc1ccc(C(=O)N2CCN(CCCl)CC2)cc1. The quantitative estimate of drug-likeness (QED) is 0.782. The Hall–Kier alpha value is -1.06. The minimum absolute atomic E-state index is 0.139. The largest absolute Gasteiger partial charge is 0.336 e. The van der Waals surface area contributed by atoms with Crippen LogP contribution in [0.2, 0.25) is 0 Å². The summed E-state index contributed by atoms with van der Waals surface area (Å²) in [6.07, 6.45) is 0. The third-order valence-electron chi connectivity index (χ3n) is 3.36.